The van der Waals surface area contributed by atoms with Crippen molar-refractivity contribution in [3.8, 4) is 0 Å². The van der Waals surface area contributed by atoms with E-state index in [0.29, 0.717) is 0 Å². The van der Waals surface area contributed by atoms with Gasteiger partial charge in [-0.05, 0) is 35.4 Å². The van der Waals surface area contributed by atoms with E-state index in [2.05, 4.69) is 88.7 Å². The van der Waals surface area contributed by atoms with Crippen LogP contribution in [0.3, 0.4) is 0 Å². The Morgan fingerprint density at radius 3 is 2.27 bits per heavy atom. The highest BCUT2D eigenvalue weighted by Crippen LogP contribution is 2.47. The van der Waals surface area contributed by atoms with Crippen LogP contribution in [0.2, 0.25) is 0 Å². The van der Waals surface area contributed by atoms with Crippen LogP contribution in [0.5, 0.6) is 0 Å². The topological polar surface area (TPSA) is 0 Å². The molecule has 0 spiro atoms. The van der Waals surface area contributed by atoms with E-state index in [9.17, 15) is 0 Å². The van der Waals surface area contributed by atoms with E-state index in [-0.39, 0.29) is 0 Å². The largest absolute Gasteiger partial charge is 0.0904 e. The third kappa shape index (κ3) is 4.50. The molecule has 118 valence electrons. The minimum Gasteiger partial charge on any atom is -0.0904 e. The SMILES string of the molecule is C=C1c2ccc(Br)cc2Sc2cccc(Br)c21.CC.CCC. The van der Waals surface area contributed by atoms with Crippen LogP contribution in [0.15, 0.2) is 61.7 Å². The molecule has 0 amide bonds. The normalized spacial score (nSPS) is 11.3. The van der Waals surface area contributed by atoms with Crippen molar-refractivity contribution in [2.24, 2.45) is 0 Å². The molecule has 3 heteroatoms. The highest BCUT2D eigenvalue weighted by molar-refractivity contribution is 9.10. The van der Waals surface area contributed by atoms with Crippen LogP contribution < -0.4 is 0 Å². The van der Waals surface area contributed by atoms with Crippen LogP contribution in [0, 0.1) is 0 Å². The first kappa shape index (κ1) is 19.5. The lowest BCUT2D eigenvalue weighted by atomic mass is 9.99. The predicted octanol–water partition coefficient (Wildman–Crippen LogP) is 8.18. The van der Waals surface area contributed by atoms with Gasteiger partial charge in [-0.25, -0.2) is 0 Å². The average Bonchev–Trinajstić information content (AvgIpc) is 2.50. The third-order valence-electron chi connectivity index (χ3n) is 2.77. The Bertz CT molecular complexity index is 648. The Kier molecular flexibility index (Phi) is 8.52. The van der Waals surface area contributed by atoms with Crippen molar-refractivity contribution in [3.63, 3.8) is 0 Å². The molecule has 0 aromatic heterocycles. The molecule has 0 aliphatic carbocycles. The summed E-state index contributed by atoms with van der Waals surface area (Å²) in [6, 6.07) is 12.6. The fraction of sp³-hybridized carbons (Fsp3) is 0.263. The maximum absolute atomic E-state index is 4.23. The molecule has 0 unspecified atom stereocenters. The van der Waals surface area contributed by atoms with E-state index in [1.807, 2.05) is 13.8 Å². The summed E-state index contributed by atoms with van der Waals surface area (Å²) in [6.07, 6.45) is 1.25. The van der Waals surface area contributed by atoms with E-state index < -0.39 is 0 Å². The molecule has 1 aliphatic rings. The van der Waals surface area contributed by atoms with Gasteiger partial charge in [0.05, 0.1) is 0 Å². The van der Waals surface area contributed by atoms with E-state index >= 15 is 0 Å². The number of halogens is 2. The number of fused-ring (bicyclic) bond motifs is 2. The average molecular weight is 442 g/mol. The molecule has 0 nitrogen and oxygen atoms in total. The lowest BCUT2D eigenvalue weighted by Crippen LogP contribution is -1.98. The highest BCUT2D eigenvalue weighted by Gasteiger charge is 2.21. The predicted molar refractivity (Wildman–Crippen MR) is 108 cm³/mol. The highest BCUT2D eigenvalue weighted by atomic mass is 79.9. The van der Waals surface area contributed by atoms with Crippen molar-refractivity contribution in [1.82, 2.24) is 0 Å². The van der Waals surface area contributed by atoms with Crippen molar-refractivity contribution in [1.29, 1.82) is 0 Å². The molecule has 0 radical (unpaired) electrons. The maximum Gasteiger partial charge on any atom is 0.0265 e. The molecule has 0 saturated heterocycles. The molecular weight excluding hydrogens is 420 g/mol. The fourth-order valence-electron chi connectivity index (χ4n) is 1.97. The number of hydrogen-bond donors (Lipinski definition) is 0. The Morgan fingerprint density at radius 2 is 1.64 bits per heavy atom. The zero-order valence-electron chi connectivity index (χ0n) is 13.5. The van der Waals surface area contributed by atoms with Crippen LogP contribution >= 0.6 is 43.6 Å². The van der Waals surface area contributed by atoms with E-state index in [1.54, 1.807) is 11.8 Å². The quantitative estimate of drug-likeness (QED) is 0.338. The fourth-order valence-corrected chi connectivity index (χ4v) is 4.42. The van der Waals surface area contributed by atoms with Gasteiger partial charge in [-0.2, -0.15) is 0 Å². The summed E-state index contributed by atoms with van der Waals surface area (Å²) in [5.74, 6) is 0. The van der Waals surface area contributed by atoms with Crippen LogP contribution in [-0.4, -0.2) is 0 Å². The summed E-state index contributed by atoms with van der Waals surface area (Å²) >= 11 is 8.91. The van der Waals surface area contributed by atoms with Crippen molar-refractivity contribution >= 4 is 49.2 Å². The molecule has 1 heterocycles. The zero-order chi connectivity index (χ0) is 16.7. The molecule has 1 aliphatic heterocycles. The first-order valence-corrected chi connectivity index (χ1v) is 9.94. The Balaban J connectivity index is 0.000000435. The molecule has 2 aromatic carbocycles. The number of benzene rings is 2. The lowest BCUT2D eigenvalue weighted by Gasteiger charge is -2.22. The van der Waals surface area contributed by atoms with Gasteiger partial charge in [-0.15, -0.1) is 0 Å². The van der Waals surface area contributed by atoms with Gasteiger partial charge >= 0.3 is 0 Å². The van der Waals surface area contributed by atoms with Crippen LogP contribution in [0.1, 0.15) is 45.2 Å². The summed E-state index contributed by atoms with van der Waals surface area (Å²) < 4.78 is 2.22. The number of hydrogen-bond acceptors (Lipinski definition) is 1. The molecule has 0 fully saturated rings. The van der Waals surface area contributed by atoms with Crippen LogP contribution in [0.4, 0.5) is 0 Å². The first-order valence-electron chi connectivity index (χ1n) is 7.54. The third-order valence-corrected chi connectivity index (χ3v) is 5.04. The summed E-state index contributed by atoms with van der Waals surface area (Å²) in [6.45, 7) is 12.5. The van der Waals surface area contributed by atoms with Gasteiger partial charge in [-0.1, -0.05) is 96.4 Å². The Morgan fingerprint density at radius 1 is 1.00 bits per heavy atom. The second-order valence-electron chi connectivity index (χ2n) is 4.54. The standard InChI is InChI=1S/C14H8Br2S.C3H8.C2H6/c1-8-10-6-5-9(15)7-13(10)17-12-4-2-3-11(16)14(8)12;1-3-2;1-2/h2-7H,1H2;3H2,1-2H3;1-2H3. The summed E-state index contributed by atoms with van der Waals surface area (Å²) in [7, 11) is 0. The summed E-state index contributed by atoms with van der Waals surface area (Å²) in [5.41, 5.74) is 3.53. The van der Waals surface area contributed by atoms with Crippen LogP contribution in [0.25, 0.3) is 5.57 Å². The monoisotopic (exact) mass is 440 g/mol. The minimum atomic E-state index is 1.09. The van der Waals surface area contributed by atoms with Gasteiger partial charge in [0.1, 0.15) is 0 Å². The van der Waals surface area contributed by atoms with Crippen molar-refractivity contribution in [2.45, 2.75) is 43.9 Å². The van der Waals surface area contributed by atoms with Gasteiger partial charge in [0.25, 0.3) is 0 Å². The van der Waals surface area contributed by atoms with Crippen molar-refractivity contribution in [3.05, 3.63) is 63.0 Å². The minimum absolute atomic E-state index is 1.09. The first-order chi connectivity index (χ1) is 10.6. The van der Waals surface area contributed by atoms with E-state index in [0.717, 1.165) is 14.5 Å². The molecule has 22 heavy (non-hydrogen) atoms. The molecule has 0 atom stereocenters. The molecule has 0 bridgehead atoms. The Labute approximate surface area is 155 Å². The maximum atomic E-state index is 4.23. The van der Waals surface area contributed by atoms with E-state index in [1.165, 1.54) is 27.3 Å². The lowest BCUT2D eigenvalue weighted by molar-refractivity contribution is 1.09. The van der Waals surface area contributed by atoms with Gasteiger partial charge in [0.2, 0.25) is 0 Å². The van der Waals surface area contributed by atoms with Gasteiger partial charge in [-0.3, -0.25) is 0 Å². The smallest absolute Gasteiger partial charge is 0.0265 e. The zero-order valence-corrected chi connectivity index (χ0v) is 17.5. The van der Waals surface area contributed by atoms with Gasteiger partial charge in [0, 0.05) is 24.3 Å². The molecular formula is C19H22Br2S. The van der Waals surface area contributed by atoms with Crippen molar-refractivity contribution in [2.75, 3.05) is 0 Å². The second kappa shape index (κ2) is 9.59. The second-order valence-corrected chi connectivity index (χ2v) is 7.39. The molecule has 0 saturated carbocycles. The summed E-state index contributed by atoms with van der Waals surface area (Å²) in [5, 5.41) is 0. The van der Waals surface area contributed by atoms with E-state index in [4.69, 9.17) is 0 Å². The Hall–Kier alpha value is -0.510. The van der Waals surface area contributed by atoms with Gasteiger partial charge in [0.15, 0.2) is 0 Å². The van der Waals surface area contributed by atoms with Crippen molar-refractivity contribution < 1.29 is 0 Å². The summed E-state index contributed by atoms with van der Waals surface area (Å²) in [4.78, 5) is 2.52. The van der Waals surface area contributed by atoms with Crippen LogP contribution in [-0.2, 0) is 0 Å². The molecule has 0 N–H and O–H groups in total. The number of rotatable bonds is 0. The molecule has 2 aromatic rings. The van der Waals surface area contributed by atoms with Gasteiger partial charge < -0.3 is 0 Å². The molecule has 3 rings (SSSR count).